The molecule has 3 aromatic heterocycles. The van der Waals surface area contributed by atoms with Crippen molar-refractivity contribution in [2.45, 2.75) is 13.0 Å². The van der Waals surface area contributed by atoms with E-state index in [2.05, 4.69) is 41.4 Å². The van der Waals surface area contributed by atoms with E-state index in [0.717, 1.165) is 15.4 Å². The Kier molecular flexibility index (Phi) is 3.83. The fraction of sp³-hybridized carbons (Fsp3) is 0.188. The van der Waals surface area contributed by atoms with Gasteiger partial charge in [0.05, 0.1) is 17.3 Å². The fourth-order valence-electron chi connectivity index (χ4n) is 2.60. The average Bonchev–Trinajstić information content (AvgIpc) is 3.22. The largest absolute Gasteiger partial charge is 0.480 e. The van der Waals surface area contributed by atoms with Gasteiger partial charge in [0.25, 0.3) is 0 Å². The number of aryl methyl sites for hydroxylation is 1. The first kappa shape index (κ1) is 16.5. The van der Waals surface area contributed by atoms with Crippen molar-refractivity contribution in [2.24, 2.45) is 7.05 Å². The Morgan fingerprint density at radius 3 is 2.85 bits per heavy atom. The molecule has 10 heteroatoms. The summed E-state index contributed by atoms with van der Waals surface area (Å²) in [6.45, 7) is 1.54. The number of hydrogen-bond donors (Lipinski definition) is 2. The predicted molar refractivity (Wildman–Crippen MR) is 98.9 cm³/mol. The summed E-state index contributed by atoms with van der Waals surface area (Å²) >= 11 is 3.49. The highest BCUT2D eigenvalue weighted by molar-refractivity contribution is 9.10. The normalized spacial score (nSPS) is 12.6. The molecule has 0 saturated carbocycles. The molecular weight excluding hydrogens is 402 g/mol. The molecular formula is C16H14BrN7O2. The summed E-state index contributed by atoms with van der Waals surface area (Å²) in [6.07, 6.45) is 3.49. The van der Waals surface area contributed by atoms with E-state index in [4.69, 9.17) is 0 Å². The standard InChI is InChI=1S/C16H14BrN7O2/c1-8(15(25)26)19-16-20-12-10(4-3-5-11(12)17)14-21-13(22-24(14)16)9-6-18-23(2)7-9/h3-8H,1-2H3,(H,19,20)(H,25,26). The van der Waals surface area contributed by atoms with Crippen LogP contribution in [0, 0.1) is 0 Å². The number of rotatable bonds is 4. The molecule has 9 nitrogen and oxygen atoms in total. The molecule has 0 amide bonds. The second kappa shape index (κ2) is 6.06. The lowest BCUT2D eigenvalue weighted by atomic mass is 10.2. The van der Waals surface area contributed by atoms with E-state index >= 15 is 0 Å². The van der Waals surface area contributed by atoms with Crippen LogP contribution in [0.25, 0.3) is 27.9 Å². The van der Waals surface area contributed by atoms with Gasteiger partial charge in [0.2, 0.25) is 5.95 Å². The molecule has 26 heavy (non-hydrogen) atoms. The van der Waals surface area contributed by atoms with Crippen LogP contribution in [0.1, 0.15) is 6.92 Å². The second-order valence-electron chi connectivity index (χ2n) is 5.85. The van der Waals surface area contributed by atoms with Crippen LogP contribution in [0.3, 0.4) is 0 Å². The summed E-state index contributed by atoms with van der Waals surface area (Å²) < 4.78 is 3.98. The lowest BCUT2D eigenvalue weighted by molar-refractivity contribution is -0.137. The lowest BCUT2D eigenvalue weighted by Gasteiger charge is -2.12. The molecule has 4 rings (SSSR count). The van der Waals surface area contributed by atoms with Crippen molar-refractivity contribution in [3.05, 3.63) is 35.1 Å². The molecule has 0 aliphatic heterocycles. The number of carboxylic acid groups (broad SMARTS) is 1. The van der Waals surface area contributed by atoms with Crippen molar-refractivity contribution in [2.75, 3.05) is 5.32 Å². The maximum Gasteiger partial charge on any atom is 0.325 e. The minimum Gasteiger partial charge on any atom is -0.480 e. The molecule has 0 aliphatic carbocycles. The van der Waals surface area contributed by atoms with Crippen molar-refractivity contribution in [1.29, 1.82) is 0 Å². The maximum atomic E-state index is 11.2. The summed E-state index contributed by atoms with van der Waals surface area (Å²) in [5.74, 6) is -0.199. The number of para-hydroxylation sites is 1. The highest BCUT2D eigenvalue weighted by Gasteiger charge is 2.19. The van der Waals surface area contributed by atoms with Gasteiger partial charge in [-0.25, -0.2) is 9.97 Å². The van der Waals surface area contributed by atoms with Gasteiger partial charge < -0.3 is 10.4 Å². The second-order valence-corrected chi connectivity index (χ2v) is 6.70. The lowest BCUT2D eigenvalue weighted by Crippen LogP contribution is -2.27. The summed E-state index contributed by atoms with van der Waals surface area (Å²) in [4.78, 5) is 20.4. The Morgan fingerprint density at radius 2 is 2.15 bits per heavy atom. The molecule has 0 fully saturated rings. The van der Waals surface area contributed by atoms with Crippen LogP contribution in [0.5, 0.6) is 0 Å². The van der Waals surface area contributed by atoms with Gasteiger partial charge in [-0.15, -0.1) is 5.10 Å². The smallest absolute Gasteiger partial charge is 0.325 e. The first-order valence-corrected chi connectivity index (χ1v) is 8.56. The summed E-state index contributed by atoms with van der Waals surface area (Å²) in [6, 6.07) is 4.82. The van der Waals surface area contributed by atoms with Crippen molar-refractivity contribution < 1.29 is 9.90 Å². The molecule has 1 unspecified atom stereocenters. The summed E-state index contributed by atoms with van der Waals surface area (Å²) in [5, 5.41) is 21.5. The average molecular weight is 416 g/mol. The van der Waals surface area contributed by atoms with Gasteiger partial charge in [-0.05, 0) is 35.0 Å². The number of fused-ring (bicyclic) bond motifs is 3. The number of nitrogens with zero attached hydrogens (tertiary/aromatic N) is 6. The number of anilines is 1. The van der Waals surface area contributed by atoms with Crippen LogP contribution in [-0.4, -0.2) is 46.5 Å². The zero-order chi connectivity index (χ0) is 18.4. The first-order chi connectivity index (χ1) is 12.4. The molecule has 132 valence electrons. The number of hydrogen-bond acceptors (Lipinski definition) is 6. The van der Waals surface area contributed by atoms with E-state index in [9.17, 15) is 9.90 Å². The minimum absolute atomic E-state index is 0.303. The van der Waals surface area contributed by atoms with Crippen molar-refractivity contribution >= 4 is 44.4 Å². The Bertz CT molecular complexity index is 1150. The zero-order valence-corrected chi connectivity index (χ0v) is 15.5. The van der Waals surface area contributed by atoms with E-state index in [-0.39, 0.29) is 0 Å². The van der Waals surface area contributed by atoms with Crippen molar-refractivity contribution in [3.63, 3.8) is 0 Å². The quantitative estimate of drug-likeness (QED) is 0.525. The van der Waals surface area contributed by atoms with Crippen LogP contribution in [0.2, 0.25) is 0 Å². The maximum absolute atomic E-state index is 11.2. The fourth-order valence-corrected chi connectivity index (χ4v) is 3.06. The van der Waals surface area contributed by atoms with Crippen LogP contribution in [0.4, 0.5) is 5.95 Å². The number of benzene rings is 1. The zero-order valence-electron chi connectivity index (χ0n) is 13.9. The number of nitrogens with one attached hydrogen (secondary N) is 1. The minimum atomic E-state index is -0.986. The molecule has 2 N–H and O–H groups in total. The summed E-state index contributed by atoms with van der Waals surface area (Å²) in [5.41, 5.74) is 2.01. The highest BCUT2D eigenvalue weighted by Crippen LogP contribution is 2.28. The van der Waals surface area contributed by atoms with E-state index in [0.29, 0.717) is 22.9 Å². The van der Waals surface area contributed by atoms with Gasteiger partial charge >= 0.3 is 5.97 Å². The number of carboxylic acids is 1. The molecule has 0 saturated heterocycles. The Hall–Kier alpha value is -3.01. The van der Waals surface area contributed by atoms with Gasteiger partial charge in [-0.3, -0.25) is 9.48 Å². The van der Waals surface area contributed by atoms with Crippen molar-refractivity contribution in [1.82, 2.24) is 29.4 Å². The van der Waals surface area contributed by atoms with Crippen LogP contribution < -0.4 is 5.32 Å². The number of aromatic nitrogens is 6. The molecule has 0 bridgehead atoms. The van der Waals surface area contributed by atoms with Gasteiger partial charge in [-0.2, -0.15) is 9.61 Å². The molecule has 0 radical (unpaired) electrons. The number of aliphatic carboxylic acids is 1. The number of halogens is 1. The topological polar surface area (TPSA) is 110 Å². The van der Waals surface area contributed by atoms with E-state index in [1.807, 2.05) is 31.4 Å². The van der Waals surface area contributed by atoms with Crippen molar-refractivity contribution in [3.8, 4) is 11.4 Å². The van der Waals surface area contributed by atoms with E-state index < -0.39 is 12.0 Å². The van der Waals surface area contributed by atoms with Gasteiger partial charge in [-0.1, -0.05) is 6.07 Å². The van der Waals surface area contributed by atoms with Gasteiger partial charge in [0.1, 0.15) is 6.04 Å². The van der Waals surface area contributed by atoms with Crippen LogP contribution in [-0.2, 0) is 11.8 Å². The molecule has 4 aromatic rings. The van der Waals surface area contributed by atoms with Crippen LogP contribution >= 0.6 is 15.9 Å². The third kappa shape index (κ3) is 2.68. The third-order valence-corrected chi connectivity index (χ3v) is 4.57. The molecule has 0 spiro atoms. The molecule has 1 atom stereocenters. The first-order valence-electron chi connectivity index (χ1n) is 7.77. The predicted octanol–water partition coefficient (Wildman–Crippen LogP) is 2.33. The Morgan fingerprint density at radius 1 is 1.35 bits per heavy atom. The molecule has 3 heterocycles. The summed E-state index contributed by atoms with van der Waals surface area (Å²) in [7, 11) is 1.81. The molecule has 0 aliphatic rings. The van der Waals surface area contributed by atoms with Crippen LogP contribution in [0.15, 0.2) is 35.1 Å². The Balaban J connectivity index is 1.99. The van der Waals surface area contributed by atoms with Gasteiger partial charge in [0.15, 0.2) is 11.5 Å². The van der Waals surface area contributed by atoms with E-state index in [1.165, 1.54) is 4.52 Å². The highest BCUT2D eigenvalue weighted by atomic mass is 79.9. The monoisotopic (exact) mass is 415 g/mol. The Labute approximate surface area is 155 Å². The van der Waals surface area contributed by atoms with Gasteiger partial charge in [0, 0.05) is 23.1 Å². The SMILES string of the molecule is CC(Nc1nc2c(Br)cccc2c2nc(-c3cnn(C)c3)nn12)C(=O)O. The van der Waals surface area contributed by atoms with E-state index in [1.54, 1.807) is 17.8 Å². The number of carbonyl (C=O) groups is 1. The third-order valence-electron chi connectivity index (χ3n) is 3.93. The molecule has 1 aromatic carbocycles.